The second-order valence-corrected chi connectivity index (χ2v) is 8.59. The Morgan fingerprint density at radius 1 is 1.44 bits per heavy atom. The fraction of sp³-hybridized carbons (Fsp3) is 0.625. The smallest absolute Gasteiger partial charge is 0.280 e. The number of thioether (sulfide) groups is 1. The Morgan fingerprint density at radius 2 is 2.19 bits per heavy atom. The number of ether oxygens (including phenoxy) is 2. The third kappa shape index (κ3) is 3.24. The number of hydrogen-bond acceptors (Lipinski definition) is 8. The Labute approximate surface area is 159 Å². The summed E-state index contributed by atoms with van der Waals surface area (Å²) >= 11 is 1.53. The lowest BCUT2D eigenvalue weighted by Gasteiger charge is -2.23. The van der Waals surface area contributed by atoms with Crippen LogP contribution in [0.2, 0.25) is 0 Å². The fourth-order valence-corrected chi connectivity index (χ4v) is 4.82. The minimum atomic E-state index is -0.732. The van der Waals surface area contributed by atoms with E-state index in [9.17, 15) is 9.90 Å². The first-order valence-electron chi connectivity index (χ1n) is 8.58. The van der Waals surface area contributed by atoms with Gasteiger partial charge in [0.2, 0.25) is 5.95 Å². The Balaban J connectivity index is 1.76. The first-order valence-corrected chi connectivity index (χ1v) is 9.53. The SMILES string of the molecule is CN(C)C=Nc1nc2c(ncn2[C@@H]2S[C@H](CO)[C@H]3OC(C)(C)O[C@H]32)c(=O)[nH]1. The highest BCUT2D eigenvalue weighted by molar-refractivity contribution is 8.00. The molecule has 0 aliphatic carbocycles. The number of hydrogen-bond donors (Lipinski definition) is 2. The Kier molecular flexibility index (Phi) is 4.49. The number of aromatic nitrogens is 4. The average molecular weight is 394 g/mol. The summed E-state index contributed by atoms with van der Waals surface area (Å²) < 4.78 is 13.9. The number of nitrogens with one attached hydrogen (secondary N) is 1. The summed E-state index contributed by atoms with van der Waals surface area (Å²) in [5.41, 5.74) is 0.307. The first kappa shape index (κ1) is 18.4. The zero-order chi connectivity index (χ0) is 19.3. The van der Waals surface area contributed by atoms with Crippen LogP contribution >= 0.6 is 11.8 Å². The van der Waals surface area contributed by atoms with Crippen molar-refractivity contribution in [1.82, 2.24) is 24.4 Å². The van der Waals surface area contributed by atoms with Crippen LogP contribution in [0.25, 0.3) is 11.2 Å². The lowest BCUT2D eigenvalue weighted by atomic mass is 10.1. The highest BCUT2D eigenvalue weighted by Gasteiger charge is 2.55. The molecule has 4 heterocycles. The number of nitrogens with zero attached hydrogens (tertiary/aromatic N) is 5. The Hall–Kier alpha value is -1.95. The number of aliphatic hydroxyl groups is 1. The molecule has 10 nitrogen and oxygen atoms in total. The van der Waals surface area contributed by atoms with Crippen LogP contribution in [0.5, 0.6) is 0 Å². The van der Waals surface area contributed by atoms with E-state index >= 15 is 0 Å². The number of aromatic amines is 1. The number of fused-ring (bicyclic) bond motifs is 2. The quantitative estimate of drug-likeness (QED) is 0.567. The van der Waals surface area contributed by atoms with Crippen LogP contribution in [-0.4, -0.2) is 79.8 Å². The predicted molar refractivity (Wildman–Crippen MR) is 101 cm³/mol. The molecule has 0 unspecified atom stereocenters. The van der Waals surface area contributed by atoms with Gasteiger partial charge in [0.1, 0.15) is 17.6 Å². The zero-order valence-electron chi connectivity index (χ0n) is 15.5. The molecule has 0 saturated carbocycles. The molecule has 0 spiro atoms. The van der Waals surface area contributed by atoms with Gasteiger partial charge in [0.05, 0.1) is 24.5 Å². The molecular formula is C16H22N6O4S. The number of H-pyrrole nitrogens is 1. The van der Waals surface area contributed by atoms with Crippen molar-refractivity contribution >= 4 is 35.2 Å². The van der Waals surface area contributed by atoms with Gasteiger partial charge in [0.25, 0.3) is 5.56 Å². The van der Waals surface area contributed by atoms with Crippen molar-refractivity contribution < 1.29 is 14.6 Å². The average Bonchev–Trinajstić information content (AvgIpc) is 3.23. The summed E-state index contributed by atoms with van der Waals surface area (Å²) in [5.74, 6) is -0.533. The van der Waals surface area contributed by atoms with Crippen molar-refractivity contribution in [2.45, 2.75) is 42.5 Å². The minimum absolute atomic E-state index is 0.0270. The molecule has 0 aromatic carbocycles. The maximum Gasteiger partial charge on any atom is 0.280 e. The first-order chi connectivity index (χ1) is 12.8. The molecule has 146 valence electrons. The van der Waals surface area contributed by atoms with Gasteiger partial charge in [-0.05, 0) is 13.8 Å². The monoisotopic (exact) mass is 394 g/mol. The fourth-order valence-electron chi connectivity index (χ4n) is 3.36. The number of rotatable bonds is 4. The van der Waals surface area contributed by atoms with E-state index in [4.69, 9.17) is 9.47 Å². The summed E-state index contributed by atoms with van der Waals surface area (Å²) in [4.78, 5) is 29.6. The second-order valence-electron chi connectivity index (χ2n) is 7.23. The van der Waals surface area contributed by atoms with E-state index in [0.29, 0.717) is 5.65 Å². The van der Waals surface area contributed by atoms with Gasteiger partial charge in [-0.3, -0.25) is 14.3 Å². The molecule has 0 bridgehead atoms. The molecule has 2 fully saturated rings. The molecule has 0 amide bonds. The van der Waals surface area contributed by atoms with E-state index < -0.39 is 5.79 Å². The van der Waals surface area contributed by atoms with Gasteiger partial charge in [0.15, 0.2) is 17.0 Å². The van der Waals surface area contributed by atoms with E-state index in [2.05, 4.69) is 19.9 Å². The van der Waals surface area contributed by atoms with Gasteiger partial charge >= 0.3 is 0 Å². The zero-order valence-corrected chi connectivity index (χ0v) is 16.3. The Bertz CT molecular complexity index is 939. The van der Waals surface area contributed by atoms with Crippen LogP contribution in [0.15, 0.2) is 16.1 Å². The van der Waals surface area contributed by atoms with E-state index in [1.54, 1.807) is 17.6 Å². The molecule has 2 saturated heterocycles. The van der Waals surface area contributed by atoms with Crippen LogP contribution in [0.4, 0.5) is 5.95 Å². The molecule has 4 rings (SSSR count). The molecular weight excluding hydrogens is 372 g/mol. The lowest BCUT2D eigenvalue weighted by Crippen LogP contribution is -2.30. The standard InChI is InChI=1S/C16H22N6O4S/c1-16(2)25-10-8(5-23)27-14(11(10)26-16)22-7-17-9-12(22)19-15(20-13(9)24)18-6-21(3)4/h6-8,10-11,14,23H,5H2,1-4H3,(H,19,20,24)/t8-,10-,11-,14-/m1/s1. The largest absolute Gasteiger partial charge is 0.395 e. The number of aliphatic imine (C=N–C) groups is 1. The van der Waals surface area contributed by atoms with Crippen LogP contribution in [-0.2, 0) is 9.47 Å². The van der Waals surface area contributed by atoms with Gasteiger partial charge in [-0.2, -0.15) is 4.98 Å². The summed E-state index contributed by atoms with van der Waals surface area (Å²) in [6.45, 7) is 3.68. The summed E-state index contributed by atoms with van der Waals surface area (Å²) in [7, 11) is 3.65. The van der Waals surface area contributed by atoms with Crippen molar-refractivity contribution in [2.24, 2.45) is 4.99 Å². The van der Waals surface area contributed by atoms with Gasteiger partial charge < -0.3 is 19.5 Å². The molecule has 11 heteroatoms. The normalized spacial score (nSPS) is 29.7. The van der Waals surface area contributed by atoms with Crippen molar-refractivity contribution in [3.05, 3.63) is 16.7 Å². The third-order valence-electron chi connectivity index (χ3n) is 4.41. The third-order valence-corrected chi connectivity index (χ3v) is 5.95. The maximum absolute atomic E-state index is 12.4. The lowest BCUT2D eigenvalue weighted by molar-refractivity contribution is -0.149. The molecule has 27 heavy (non-hydrogen) atoms. The summed E-state index contributed by atoms with van der Waals surface area (Å²) in [6, 6.07) is 0. The van der Waals surface area contributed by atoms with Crippen molar-refractivity contribution in [2.75, 3.05) is 20.7 Å². The topological polar surface area (TPSA) is 118 Å². The van der Waals surface area contributed by atoms with Crippen LogP contribution < -0.4 is 5.56 Å². The predicted octanol–water partition coefficient (Wildman–Crippen LogP) is 0.467. The van der Waals surface area contributed by atoms with Crippen molar-refractivity contribution in [3.8, 4) is 0 Å². The summed E-state index contributed by atoms with van der Waals surface area (Å²) in [5, 5.41) is 9.39. The summed E-state index contributed by atoms with van der Waals surface area (Å²) in [6.07, 6.45) is 2.61. The van der Waals surface area contributed by atoms with E-state index in [1.165, 1.54) is 11.8 Å². The van der Waals surface area contributed by atoms with Gasteiger partial charge in [-0.15, -0.1) is 11.8 Å². The molecule has 4 atom stereocenters. The highest BCUT2D eigenvalue weighted by Crippen LogP contribution is 2.51. The van der Waals surface area contributed by atoms with Crippen LogP contribution in [0, 0.1) is 0 Å². The second kappa shape index (κ2) is 6.59. The van der Waals surface area contributed by atoms with E-state index in [0.717, 1.165) is 0 Å². The van der Waals surface area contributed by atoms with Crippen molar-refractivity contribution in [1.29, 1.82) is 0 Å². The van der Waals surface area contributed by atoms with E-state index in [-0.39, 0.29) is 46.5 Å². The number of imidazole rings is 1. The molecule has 2 aliphatic rings. The highest BCUT2D eigenvalue weighted by atomic mass is 32.2. The van der Waals surface area contributed by atoms with Crippen molar-refractivity contribution in [3.63, 3.8) is 0 Å². The van der Waals surface area contributed by atoms with E-state index in [1.807, 2.05) is 32.5 Å². The van der Waals surface area contributed by atoms with Gasteiger partial charge in [-0.1, -0.05) is 0 Å². The molecule has 2 aromatic heterocycles. The molecule has 2 N–H and O–H groups in total. The molecule has 2 aliphatic heterocycles. The molecule has 0 radical (unpaired) electrons. The number of aliphatic hydroxyl groups excluding tert-OH is 1. The van der Waals surface area contributed by atoms with Crippen LogP contribution in [0.3, 0.4) is 0 Å². The maximum atomic E-state index is 12.4. The molecule has 2 aromatic rings. The Morgan fingerprint density at radius 3 is 2.89 bits per heavy atom. The van der Waals surface area contributed by atoms with Gasteiger partial charge in [-0.25, -0.2) is 9.98 Å². The van der Waals surface area contributed by atoms with Gasteiger partial charge in [0, 0.05) is 14.1 Å². The van der Waals surface area contributed by atoms with Crippen LogP contribution in [0.1, 0.15) is 19.2 Å². The minimum Gasteiger partial charge on any atom is -0.395 e.